The fourth-order valence-electron chi connectivity index (χ4n) is 3.08. The van der Waals surface area contributed by atoms with Gasteiger partial charge in [-0.25, -0.2) is 0 Å². The van der Waals surface area contributed by atoms with Gasteiger partial charge in [0, 0.05) is 32.6 Å². The van der Waals surface area contributed by atoms with Gasteiger partial charge in [-0.05, 0) is 44.7 Å². The van der Waals surface area contributed by atoms with E-state index in [-0.39, 0.29) is 5.91 Å². The molecule has 0 saturated carbocycles. The maximum absolute atomic E-state index is 12.2. The minimum Gasteiger partial charge on any atom is -0.493 e. The number of rotatable bonds is 6. The van der Waals surface area contributed by atoms with Crippen LogP contribution in [0.1, 0.15) is 36.5 Å². The number of carbonyl (C=O) groups is 1. The Morgan fingerprint density at radius 2 is 2.00 bits per heavy atom. The van der Waals surface area contributed by atoms with E-state index in [1.807, 2.05) is 11.8 Å². The molecule has 0 aromatic heterocycles. The Bertz CT molecular complexity index is 508. The van der Waals surface area contributed by atoms with E-state index in [0.717, 1.165) is 44.8 Å². The molecule has 1 N–H and O–H groups in total. The van der Waals surface area contributed by atoms with Gasteiger partial charge in [-0.3, -0.25) is 4.79 Å². The Balaban J connectivity index is 1.91. The van der Waals surface area contributed by atoms with Crippen LogP contribution in [0.5, 0.6) is 5.75 Å². The summed E-state index contributed by atoms with van der Waals surface area (Å²) in [5.74, 6) is 1.28. The third kappa shape index (κ3) is 4.47. The van der Waals surface area contributed by atoms with Gasteiger partial charge in [-0.2, -0.15) is 0 Å². The molecule has 22 heavy (non-hydrogen) atoms. The van der Waals surface area contributed by atoms with Crippen LogP contribution in [-0.4, -0.2) is 43.6 Å². The van der Waals surface area contributed by atoms with Gasteiger partial charge in [-0.15, -0.1) is 0 Å². The van der Waals surface area contributed by atoms with E-state index >= 15 is 0 Å². The predicted octanol–water partition coefficient (Wildman–Crippen LogP) is 2.46. The molecule has 1 aromatic carbocycles. The van der Waals surface area contributed by atoms with Crippen LogP contribution in [0, 0.1) is 13.8 Å². The summed E-state index contributed by atoms with van der Waals surface area (Å²) in [5, 5.41) is 3.28. The molecule has 1 heterocycles. The summed E-state index contributed by atoms with van der Waals surface area (Å²) in [5.41, 5.74) is 3.67. The quantitative estimate of drug-likeness (QED) is 0.878. The molecule has 4 nitrogen and oxygen atoms in total. The molecule has 1 saturated heterocycles. The zero-order chi connectivity index (χ0) is 15.9. The monoisotopic (exact) mass is 304 g/mol. The van der Waals surface area contributed by atoms with E-state index in [4.69, 9.17) is 4.74 Å². The smallest absolute Gasteiger partial charge is 0.222 e. The summed E-state index contributed by atoms with van der Waals surface area (Å²) in [6, 6.07) is 4.34. The number of ether oxygens (including phenoxy) is 1. The van der Waals surface area contributed by atoms with Crippen molar-refractivity contribution in [2.45, 2.75) is 40.0 Å². The van der Waals surface area contributed by atoms with Crippen LogP contribution in [0.25, 0.3) is 0 Å². The Morgan fingerprint density at radius 1 is 1.27 bits per heavy atom. The molecule has 0 radical (unpaired) electrons. The molecule has 4 heteroatoms. The first-order valence-electron chi connectivity index (χ1n) is 8.33. The highest BCUT2D eigenvalue weighted by atomic mass is 16.5. The van der Waals surface area contributed by atoms with Gasteiger partial charge in [0.25, 0.3) is 0 Å². The number of amides is 1. The van der Waals surface area contributed by atoms with Crippen molar-refractivity contribution in [2.24, 2.45) is 0 Å². The lowest BCUT2D eigenvalue weighted by Crippen LogP contribution is -2.46. The molecule has 122 valence electrons. The van der Waals surface area contributed by atoms with Gasteiger partial charge in [0.1, 0.15) is 5.75 Å². The fourth-order valence-corrected chi connectivity index (χ4v) is 3.08. The van der Waals surface area contributed by atoms with Crippen LogP contribution in [-0.2, 0) is 11.2 Å². The molecule has 1 amide bonds. The van der Waals surface area contributed by atoms with Gasteiger partial charge < -0.3 is 15.0 Å². The molecule has 1 fully saturated rings. The van der Waals surface area contributed by atoms with E-state index in [1.54, 1.807) is 0 Å². The zero-order valence-corrected chi connectivity index (χ0v) is 14.1. The van der Waals surface area contributed by atoms with Gasteiger partial charge in [0.05, 0.1) is 6.61 Å². The minimum atomic E-state index is 0.281. The summed E-state index contributed by atoms with van der Waals surface area (Å²) in [4.78, 5) is 14.2. The highest BCUT2D eigenvalue weighted by Crippen LogP contribution is 2.27. The van der Waals surface area contributed by atoms with Crippen molar-refractivity contribution in [2.75, 3.05) is 32.8 Å². The second kappa shape index (κ2) is 8.18. The number of carbonyl (C=O) groups excluding carboxylic acids is 1. The Hall–Kier alpha value is -1.55. The molecule has 0 bridgehead atoms. The Morgan fingerprint density at radius 3 is 2.68 bits per heavy atom. The first-order valence-corrected chi connectivity index (χ1v) is 8.33. The zero-order valence-electron chi connectivity index (χ0n) is 14.1. The van der Waals surface area contributed by atoms with E-state index < -0.39 is 0 Å². The number of nitrogens with zero attached hydrogens (tertiary/aromatic N) is 1. The van der Waals surface area contributed by atoms with Crippen LogP contribution < -0.4 is 10.1 Å². The SMILES string of the molecule is CCOc1c(C)cc(C)cc1CCCC(=O)N1CCNCC1. The Labute approximate surface area is 133 Å². The number of hydrogen-bond acceptors (Lipinski definition) is 3. The maximum atomic E-state index is 12.2. The van der Waals surface area contributed by atoms with Crippen molar-refractivity contribution in [1.29, 1.82) is 0 Å². The summed E-state index contributed by atoms with van der Waals surface area (Å²) < 4.78 is 5.79. The number of benzene rings is 1. The van der Waals surface area contributed by atoms with Crippen LogP contribution in [0.3, 0.4) is 0 Å². The maximum Gasteiger partial charge on any atom is 0.222 e. The molecule has 0 atom stereocenters. The third-order valence-electron chi connectivity index (χ3n) is 4.09. The first kappa shape index (κ1) is 16.8. The van der Waals surface area contributed by atoms with Gasteiger partial charge in [-0.1, -0.05) is 17.7 Å². The number of nitrogens with one attached hydrogen (secondary N) is 1. The van der Waals surface area contributed by atoms with E-state index in [1.165, 1.54) is 16.7 Å². The van der Waals surface area contributed by atoms with Crippen LogP contribution in [0.15, 0.2) is 12.1 Å². The summed E-state index contributed by atoms with van der Waals surface area (Å²) >= 11 is 0. The van der Waals surface area contributed by atoms with Crippen molar-refractivity contribution < 1.29 is 9.53 Å². The highest BCUT2D eigenvalue weighted by molar-refractivity contribution is 5.76. The van der Waals surface area contributed by atoms with Crippen molar-refractivity contribution in [3.63, 3.8) is 0 Å². The molecule has 1 aliphatic rings. The predicted molar refractivity (Wildman–Crippen MR) is 89.5 cm³/mol. The topological polar surface area (TPSA) is 41.6 Å². The lowest BCUT2D eigenvalue weighted by Gasteiger charge is -2.27. The lowest BCUT2D eigenvalue weighted by atomic mass is 10.0. The van der Waals surface area contributed by atoms with Crippen molar-refractivity contribution in [3.05, 3.63) is 28.8 Å². The minimum absolute atomic E-state index is 0.281. The number of aryl methyl sites for hydroxylation is 3. The molecule has 1 aliphatic heterocycles. The van der Waals surface area contributed by atoms with E-state index in [9.17, 15) is 4.79 Å². The first-order chi connectivity index (χ1) is 10.6. The van der Waals surface area contributed by atoms with Crippen LogP contribution in [0.4, 0.5) is 0 Å². The van der Waals surface area contributed by atoms with E-state index in [0.29, 0.717) is 13.0 Å². The van der Waals surface area contributed by atoms with Gasteiger partial charge >= 0.3 is 0 Å². The second-order valence-electron chi connectivity index (χ2n) is 5.99. The lowest BCUT2D eigenvalue weighted by molar-refractivity contribution is -0.131. The van der Waals surface area contributed by atoms with Gasteiger partial charge in [0.2, 0.25) is 5.91 Å². The number of hydrogen-bond donors (Lipinski definition) is 1. The second-order valence-corrected chi connectivity index (χ2v) is 5.99. The van der Waals surface area contributed by atoms with E-state index in [2.05, 4.69) is 31.3 Å². The van der Waals surface area contributed by atoms with Crippen molar-refractivity contribution in [3.8, 4) is 5.75 Å². The van der Waals surface area contributed by atoms with Crippen LogP contribution >= 0.6 is 0 Å². The average Bonchev–Trinajstić information content (AvgIpc) is 2.51. The highest BCUT2D eigenvalue weighted by Gasteiger charge is 2.16. The van der Waals surface area contributed by atoms with Gasteiger partial charge in [0.15, 0.2) is 0 Å². The molecule has 0 spiro atoms. The average molecular weight is 304 g/mol. The standard InChI is InChI=1S/C18H28N2O2/c1-4-22-18-15(3)12-14(2)13-16(18)6-5-7-17(21)20-10-8-19-9-11-20/h12-13,19H,4-11H2,1-3H3. The fraction of sp³-hybridized carbons (Fsp3) is 0.611. The molecule has 0 aliphatic carbocycles. The summed E-state index contributed by atoms with van der Waals surface area (Å²) in [6.45, 7) is 10.4. The summed E-state index contributed by atoms with van der Waals surface area (Å²) in [7, 11) is 0. The normalized spacial score (nSPS) is 15.0. The molecule has 1 aromatic rings. The molecular weight excluding hydrogens is 276 g/mol. The Kier molecular flexibility index (Phi) is 6.25. The molecular formula is C18H28N2O2. The molecule has 0 unspecified atom stereocenters. The molecule has 2 rings (SSSR count). The van der Waals surface area contributed by atoms with Crippen molar-refractivity contribution >= 4 is 5.91 Å². The third-order valence-corrected chi connectivity index (χ3v) is 4.09. The number of piperazine rings is 1. The van der Waals surface area contributed by atoms with Crippen LogP contribution in [0.2, 0.25) is 0 Å². The largest absolute Gasteiger partial charge is 0.493 e. The van der Waals surface area contributed by atoms with Crippen molar-refractivity contribution in [1.82, 2.24) is 10.2 Å². The summed E-state index contributed by atoms with van der Waals surface area (Å²) in [6.07, 6.45) is 2.40.